The molecular formula is C17H22O5. The highest BCUT2D eigenvalue weighted by Gasteiger charge is 2.15. The maximum absolute atomic E-state index is 11.6. The Morgan fingerprint density at radius 2 is 1.91 bits per heavy atom. The van der Waals surface area contributed by atoms with E-state index in [0.717, 1.165) is 12.8 Å². The van der Waals surface area contributed by atoms with Crippen molar-refractivity contribution in [2.75, 3.05) is 6.61 Å². The Bertz CT molecular complexity index is 518. The molecule has 1 atom stereocenters. The van der Waals surface area contributed by atoms with Crippen molar-refractivity contribution in [3.8, 4) is 5.75 Å². The Kier molecular flexibility index (Phi) is 7.16. The molecule has 0 aliphatic rings. The first kappa shape index (κ1) is 17.8. The minimum absolute atomic E-state index is 0.198. The van der Waals surface area contributed by atoms with Gasteiger partial charge in [-0.05, 0) is 44.0 Å². The molecule has 1 unspecified atom stereocenters. The van der Waals surface area contributed by atoms with Gasteiger partial charge in [-0.2, -0.15) is 0 Å². The second-order valence-electron chi connectivity index (χ2n) is 5.09. The van der Waals surface area contributed by atoms with Crippen molar-refractivity contribution in [3.05, 3.63) is 42.0 Å². The van der Waals surface area contributed by atoms with Crippen LogP contribution in [0.15, 0.2) is 36.4 Å². The van der Waals surface area contributed by atoms with Gasteiger partial charge < -0.3 is 14.6 Å². The van der Waals surface area contributed by atoms with E-state index in [1.807, 2.05) is 0 Å². The van der Waals surface area contributed by atoms with E-state index >= 15 is 0 Å². The van der Waals surface area contributed by atoms with Gasteiger partial charge in [-0.15, -0.1) is 0 Å². The van der Waals surface area contributed by atoms with Crippen LogP contribution in [0.2, 0.25) is 0 Å². The minimum Gasteiger partial charge on any atom is -0.490 e. The van der Waals surface area contributed by atoms with Crippen molar-refractivity contribution in [1.29, 1.82) is 0 Å². The van der Waals surface area contributed by atoms with Crippen LogP contribution in [-0.2, 0) is 9.53 Å². The smallest absolute Gasteiger partial charge is 0.335 e. The molecule has 0 aliphatic carbocycles. The summed E-state index contributed by atoms with van der Waals surface area (Å²) >= 11 is 0. The Labute approximate surface area is 130 Å². The standard InChI is InChI=1S/C17H22O5/c1-4-5-6-15(22-17(20)12(2)3)11-21-14-9-7-13(8-10-14)16(18)19/h7-10,15H,2,4-6,11H2,1,3H3,(H,18,19). The van der Waals surface area contributed by atoms with Gasteiger partial charge in [0.15, 0.2) is 0 Å². The van der Waals surface area contributed by atoms with E-state index in [0.29, 0.717) is 17.7 Å². The summed E-state index contributed by atoms with van der Waals surface area (Å²) in [6.07, 6.45) is 2.29. The molecule has 0 aliphatic heterocycles. The summed E-state index contributed by atoms with van der Waals surface area (Å²) in [4.78, 5) is 22.4. The third kappa shape index (κ3) is 5.99. The highest BCUT2D eigenvalue weighted by atomic mass is 16.6. The topological polar surface area (TPSA) is 72.8 Å². The number of carbonyl (C=O) groups is 2. The number of unbranched alkanes of at least 4 members (excludes halogenated alkanes) is 1. The molecule has 0 radical (unpaired) electrons. The van der Waals surface area contributed by atoms with Gasteiger partial charge in [-0.1, -0.05) is 19.9 Å². The van der Waals surface area contributed by atoms with Gasteiger partial charge in [0, 0.05) is 5.57 Å². The predicted octanol–water partition coefficient (Wildman–Crippen LogP) is 3.44. The van der Waals surface area contributed by atoms with E-state index in [4.69, 9.17) is 14.6 Å². The van der Waals surface area contributed by atoms with E-state index in [1.54, 1.807) is 19.1 Å². The number of benzene rings is 1. The van der Waals surface area contributed by atoms with Crippen molar-refractivity contribution in [2.45, 2.75) is 39.2 Å². The molecule has 120 valence electrons. The number of hydrogen-bond acceptors (Lipinski definition) is 4. The number of esters is 1. The number of carboxylic acids is 1. The molecule has 0 saturated heterocycles. The summed E-state index contributed by atoms with van der Waals surface area (Å²) in [5, 5.41) is 8.84. The number of carbonyl (C=O) groups excluding carboxylic acids is 1. The fraction of sp³-hybridized carbons (Fsp3) is 0.412. The average molecular weight is 306 g/mol. The van der Waals surface area contributed by atoms with Crippen molar-refractivity contribution in [1.82, 2.24) is 0 Å². The number of hydrogen-bond donors (Lipinski definition) is 1. The molecule has 0 bridgehead atoms. The highest BCUT2D eigenvalue weighted by Crippen LogP contribution is 2.15. The zero-order valence-electron chi connectivity index (χ0n) is 13.0. The van der Waals surface area contributed by atoms with Gasteiger partial charge >= 0.3 is 11.9 Å². The first-order chi connectivity index (χ1) is 10.4. The van der Waals surface area contributed by atoms with Crippen LogP contribution in [-0.4, -0.2) is 29.8 Å². The number of ether oxygens (including phenoxy) is 2. The van der Waals surface area contributed by atoms with Crippen molar-refractivity contribution in [2.24, 2.45) is 0 Å². The van der Waals surface area contributed by atoms with E-state index in [2.05, 4.69) is 13.5 Å². The van der Waals surface area contributed by atoms with Crippen molar-refractivity contribution in [3.63, 3.8) is 0 Å². The highest BCUT2D eigenvalue weighted by molar-refractivity contribution is 5.87. The summed E-state index contributed by atoms with van der Waals surface area (Å²) in [6.45, 7) is 7.45. The number of aromatic carboxylic acids is 1. The van der Waals surface area contributed by atoms with Gasteiger partial charge in [-0.25, -0.2) is 9.59 Å². The fourth-order valence-corrected chi connectivity index (χ4v) is 1.74. The Balaban J connectivity index is 2.59. The molecule has 0 spiro atoms. The molecule has 0 heterocycles. The maximum atomic E-state index is 11.6. The zero-order valence-corrected chi connectivity index (χ0v) is 13.0. The first-order valence-corrected chi connectivity index (χ1v) is 7.26. The summed E-state index contributed by atoms with van der Waals surface area (Å²) in [6, 6.07) is 6.11. The Hall–Kier alpha value is -2.30. The van der Waals surface area contributed by atoms with Gasteiger partial charge in [0.2, 0.25) is 0 Å². The second-order valence-corrected chi connectivity index (χ2v) is 5.09. The minimum atomic E-state index is -0.984. The summed E-state index contributed by atoms with van der Waals surface area (Å²) in [5.74, 6) is -0.869. The molecule has 1 rings (SSSR count). The van der Waals surface area contributed by atoms with Crippen LogP contribution in [0.1, 0.15) is 43.5 Å². The third-order valence-electron chi connectivity index (χ3n) is 3.04. The molecule has 22 heavy (non-hydrogen) atoms. The normalized spacial score (nSPS) is 11.5. The second kappa shape index (κ2) is 8.87. The molecule has 5 nitrogen and oxygen atoms in total. The van der Waals surface area contributed by atoms with E-state index in [1.165, 1.54) is 12.1 Å². The fourth-order valence-electron chi connectivity index (χ4n) is 1.74. The quantitative estimate of drug-likeness (QED) is 0.559. The van der Waals surface area contributed by atoms with E-state index in [-0.39, 0.29) is 18.3 Å². The summed E-state index contributed by atoms with van der Waals surface area (Å²) in [5.41, 5.74) is 0.552. The lowest BCUT2D eigenvalue weighted by atomic mass is 10.1. The molecule has 1 N–H and O–H groups in total. The lowest BCUT2D eigenvalue weighted by Crippen LogP contribution is -2.25. The summed E-state index contributed by atoms with van der Waals surface area (Å²) < 4.78 is 10.9. The van der Waals surface area contributed by atoms with Crippen LogP contribution in [0.5, 0.6) is 5.75 Å². The van der Waals surface area contributed by atoms with Crippen LogP contribution in [0.25, 0.3) is 0 Å². The number of carboxylic acid groups (broad SMARTS) is 1. The largest absolute Gasteiger partial charge is 0.490 e. The van der Waals surface area contributed by atoms with Crippen LogP contribution >= 0.6 is 0 Å². The van der Waals surface area contributed by atoms with Crippen LogP contribution < -0.4 is 4.74 Å². The number of rotatable bonds is 9. The Morgan fingerprint density at radius 1 is 1.27 bits per heavy atom. The molecule has 1 aromatic carbocycles. The maximum Gasteiger partial charge on any atom is 0.335 e. The van der Waals surface area contributed by atoms with Gasteiger partial charge in [0.25, 0.3) is 0 Å². The van der Waals surface area contributed by atoms with Crippen LogP contribution in [0, 0.1) is 0 Å². The molecule has 1 aromatic rings. The molecule has 0 aromatic heterocycles. The molecule has 0 saturated carbocycles. The monoisotopic (exact) mass is 306 g/mol. The van der Waals surface area contributed by atoms with Gasteiger partial charge in [-0.3, -0.25) is 0 Å². The Morgan fingerprint density at radius 3 is 2.41 bits per heavy atom. The van der Waals surface area contributed by atoms with E-state index < -0.39 is 11.9 Å². The van der Waals surface area contributed by atoms with Crippen LogP contribution in [0.3, 0.4) is 0 Å². The third-order valence-corrected chi connectivity index (χ3v) is 3.04. The first-order valence-electron chi connectivity index (χ1n) is 7.26. The van der Waals surface area contributed by atoms with Crippen LogP contribution in [0.4, 0.5) is 0 Å². The molecule has 0 fully saturated rings. The lowest BCUT2D eigenvalue weighted by molar-refractivity contribution is -0.146. The summed E-state index contributed by atoms with van der Waals surface area (Å²) in [7, 11) is 0. The van der Waals surface area contributed by atoms with Crippen molar-refractivity contribution < 1.29 is 24.2 Å². The van der Waals surface area contributed by atoms with Gasteiger partial charge in [0.1, 0.15) is 18.5 Å². The molecule has 0 amide bonds. The van der Waals surface area contributed by atoms with Gasteiger partial charge in [0.05, 0.1) is 5.56 Å². The average Bonchev–Trinajstić information content (AvgIpc) is 2.50. The lowest BCUT2D eigenvalue weighted by Gasteiger charge is -2.18. The molecule has 5 heteroatoms. The van der Waals surface area contributed by atoms with E-state index in [9.17, 15) is 9.59 Å². The predicted molar refractivity (Wildman–Crippen MR) is 83.1 cm³/mol. The molecular weight excluding hydrogens is 284 g/mol. The SMILES string of the molecule is C=C(C)C(=O)OC(CCCC)COc1ccc(C(=O)O)cc1. The zero-order chi connectivity index (χ0) is 16.5. The van der Waals surface area contributed by atoms with Crippen molar-refractivity contribution >= 4 is 11.9 Å².